The highest BCUT2D eigenvalue weighted by atomic mass is 16.3. The number of phenolic OH excluding ortho intramolecular Hbond substituents is 1. The summed E-state index contributed by atoms with van der Waals surface area (Å²) in [5.74, 6) is 0.308. The molecule has 0 aliphatic rings. The maximum atomic E-state index is 10.6. The maximum absolute atomic E-state index is 10.6. The average molecular weight is 278 g/mol. The van der Waals surface area contributed by atoms with Gasteiger partial charge in [0, 0.05) is 5.56 Å². The highest BCUT2D eigenvalue weighted by molar-refractivity contribution is 6.08. The van der Waals surface area contributed by atoms with E-state index in [4.69, 9.17) is 7.85 Å². The molecule has 0 aliphatic carbocycles. The summed E-state index contributed by atoms with van der Waals surface area (Å²) >= 11 is 0. The highest BCUT2D eigenvalue weighted by Gasteiger charge is 2.20. The SMILES string of the molecule is [B]Cc1cc(C(C)(C)C)cc(-c2c(C)cccc2C)c1O. The molecule has 0 spiro atoms. The van der Waals surface area contributed by atoms with Crippen molar-refractivity contribution in [1.82, 2.24) is 0 Å². The van der Waals surface area contributed by atoms with Crippen molar-refractivity contribution in [2.45, 2.75) is 46.4 Å². The molecule has 2 heteroatoms. The van der Waals surface area contributed by atoms with Crippen LogP contribution in [0.1, 0.15) is 43.0 Å². The maximum Gasteiger partial charge on any atom is 0.125 e. The van der Waals surface area contributed by atoms with Crippen molar-refractivity contribution >= 4 is 7.85 Å². The molecule has 1 N–H and O–H groups in total. The fraction of sp³-hybridized carbons (Fsp3) is 0.368. The second-order valence-corrected chi connectivity index (χ2v) is 6.75. The van der Waals surface area contributed by atoms with E-state index in [2.05, 4.69) is 52.8 Å². The molecule has 0 heterocycles. The quantitative estimate of drug-likeness (QED) is 0.793. The Bertz CT molecular complexity index is 646. The van der Waals surface area contributed by atoms with Gasteiger partial charge in [-0.15, -0.1) is 0 Å². The second kappa shape index (κ2) is 5.59. The Balaban J connectivity index is 2.79. The molecule has 0 bridgehead atoms. The van der Waals surface area contributed by atoms with Crippen molar-refractivity contribution in [3.63, 3.8) is 0 Å². The van der Waals surface area contributed by atoms with E-state index < -0.39 is 0 Å². The zero-order valence-electron chi connectivity index (χ0n) is 13.6. The van der Waals surface area contributed by atoms with Gasteiger partial charge < -0.3 is 5.11 Å². The fourth-order valence-electron chi connectivity index (χ4n) is 2.71. The predicted molar refractivity (Wildman–Crippen MR) is 91.2 cm³/mol. The first-order chi connectivity index (χ1) is 9.75. The zero-order valence-corrected chi connectivity index (χ0v) is 13.6. The van der Waals surface area contributed by atoms with Gasteiger partial charge in [-0.05, 0) is 53.1 Å². The molecule has 0 amide bonds. The van der Waals surface area contributed by atoms with Crippen molar-refractivity contribution in [2.24, 2.45) is 0 Å². The molecule has 2 aromatic carbocycles. The summed E-state index contributed by atoms with van der Waals surface area (Å²) in [6.07, 6.45) is 0.341. The molecular weight excluding hydrogens is 255 g/mol. The van der Waals surface area contributed by atoms with Gasteiger partial charge >= 0.3 is 0 Å². The predicted octanol–water partition coefficient (Wildman–Crippen LogP) is 4.64. The van der Waals surface area contributed by atoms with E-state index in [0.717, 1.165) is 16.7 Å². The summed E-state index contributed by atoms with van der Waals surface area (Å²) < 4.78 is 0. The van der Waals surface area contributed by atoms with Crippen LogP contribution in [0, 0.1) is 13.8 Å². The van der Waals surface area contributed by atoms with Crippen LogP contribution in [0.2, 0.25) is 0 Å². The smallest absolute Gasteiger partial charge is 0.125 e. The normalized spacial score (nSPS) is 11.7. The van der Waals surface area contributed by atoms with Crippen LogP contribution in [0.25, 0.3) is 11.1 Å². The van der Waals surface area contributed by atoms with Gasteiger partial charge in [-0.2, -0.15) is 0 Å². The topological polar surface area (TPSA) is 20.2 Å². The number of phenols is 1. The molecule has 0 atom stereocenters. The summed E-state index contributed by atoms with van der Waals surface area (Å²) in [7, 11) is 5.83. The van der Waals surface area contributed by atoms with Crippen molar-refractivity contribution < 1.29 is 5.11 Å². The Kier molecular flexibility index (Phi) is 4.18. The molecule has 2 radical (unpaired) electrons. The monoisotopic (exact) mass is 278 g/mol. The Morgan fingerprint density at radius 1 is 1.05 bits per heavy atom. The Labute approximate surface area is 129 Å². The van der Waals surface area contributed by atoms with Crippen LogP contribution in [0.5, 0.6) is 5.75 Å². The second-order valence-electron chi connectivity index (χ2n) is 6.75. The van der Waals surface area contributed by atoms with E-state index in [0.29, 0.717) is 12.1 Å². The third-order valence-corrected chi connectivity index (χ3v) is 4.03. The summed E-state index contributed by atoms with van der Waals surface area (Å²) in [6.45, 7) is 10.7. The lowest BCUT2D eigenvalue weighted by Crippen LogP contribution is -2.12. The van der Waals surface area contributed by atoms with Crippen LogP contribution in [-0.4, -0.2) is 13.0 Å². The molecule has 21 heavy (non-hydrogen) atoms. The van der Waals surface area contributed by atoms with Crippen molar-refractivity contribution in [3.05, 3.63) is 52.6 Å². The summed E-state index contributed by atoms with van der Waals surface area (Å²) in [4.78, 5) is 0. The molecule has 0 unspecified atom stereocenters. The lowest BCUT2D eigenvalue weighted by Gasteiger charge is -2.23. The number of rotatable bonds is 2. The van der Waals surface area contributed by atoms with E-state index in [1.54, 1.807) is 0 Å². The highest BCUT2D eigenvalue weighted by Crippen LogP contribution is 2.39. The molecule has 0 aliphatic heterocycles. The summed E-state index contributed by atoms with van der Waals surface area (Å²) in [5, 5.41) is 10.6. The first kappa shape index (κ1) is 15.7. The molecule has 108 valence electrons. The molecule has 0 fully saturated rings. The van der Waals surface area contributed by atoms with Crippen LogP contribution in [0.15, 0.2) is 30.3 Å². The van der Waals surface area contributed by atoms with Crippen molar-refractivity contribution in [3.8, 4) is 16.9 Å². The van der Waals surface area contributed by atoms with E-state index in [1.807, 2.05) is 12.1 Å². The van der Waals surface area contributed by atoms with Gasteiger partial charge in [-0.25, -0.2) is 0 Å². The fourth-order valence-corrected chi connectivity index (χ4v) is 2.71. The van der Waals surface area contributed by atoms with Crippen LogP contribution < -0.4 is 0 Å². The first-order valence-corrected chi connectivity index (χ1v) is 7.38. The molecule has 2 rings (SSSR count). The van der Waals surface area contributed by atoms with Crippen molar-refractivity contribution in [2.75, 3.05) is 0 Å². The Morgan fingerprint density at radius 2 is 1.62 bits per heavy atom. The van der Waals surface area contributed by atoms with Crippen LogP contribution in [-0.2, 0) is 11.7 Å². The Hall–Kier alpha value is -1.70. The molecule has 0 saturated carbocycles. The zero-order chi connectivity index (χ0) is 15.8. The van der Waals surface area contributed by atoms with E-state index in [9.17, 15) is 5.11 Å². The van der Waals surface area contributed by atoms with Crippen LogP contribution in [0.4, 0.5) is 0 Å². The van der Waals surface area contributed by atoms with Crippen LogP contribution >= 0.6 is 0 Å². The van der Waals surface area contributed by atoms with Crippen molar-refractivity contribution in [1.29, 1.82) is 0 Å². The van der Waals surface area contributed by atoms with Gasteiger partial charge in [-0.3, -0.25) is 0 Å². The molecule has 0 aromatic heterocycles. The van der Waals surface area contributed by atoms with Gasteiger partial charge in [0.05, 0.1) is 7.85 Å². The number of aromatic hydroxyl groups is 1. The largest absolute Gasteiger partial charge is 0.507 e. The first-order valence-electron chi connectivity index (χ1n) is 7.38. The van der Waals surface area contributed by atoms with Crippen LogP contribution in [0.3, 0.4) is 0 Å². The minimum atomic E-state index is 0.0168. The Morgan fingerprint density at radius 3 is 2.10 bits per heavy atom. The van der Waals surface area contributed by atoms with Gasteiger partial charge in [0.15, 0.2) is 0 Å². The van der Waals surface area contributed by atoms with Gasteiger partial charge in [0.2, 0.25) is 0 Å². The van der Waals surface area contributed by atoms with E-state index >= 15 is 0 Å². The number of hydrogen-bond acceptors (Lipinski definition) is 1. The molecular formula is C19H23BO. The molecule has 2 aromatic rings. The minimum Gasteiger partial charge on any atom is -0.507 e. The van der Waals surface area contributed by atoms with Gasteiger partial charge in [0.25, 0.3) is 0 Å². The van der Waals surface area contributed by atoms with E-state index in [-0.39, 0.29) is 5.41 Å². The third kappa shape index (κ3) is 3.00. The third-order valence-electron chi connectivity index (χ3n) is 4.03. The number of benzene rings is 2. The lowest BCUT2D eigenvalue weighted by molar-refractivity contribution is 0.471. The summed E-state index contributed by atoms with van der Waals surface area (Å²) in [5.41, 5.74) is 6.34. The molecule has 1 nitrogen and oxygen atoms in total. The summed E-state index contributed by atoms with van der Waals surface area (Å²) in [6, 6.07) is 10.3. The minimum absolute atomic E-state index is 0.0168. The number of aryl methyl sites for hydroxylation is 2. The molecule has 0 saturated heterocycles. The van der Waals surface area contributed by atoms with E-state index in [1.165, 1.54) is 16.7 Å². The lowest BCUT2D eigenvalue weighted by atomic mass is 9.81. The van der Waals surface area contributed by atoms with Gasteiger partial charge in [0.1, 0.15) is 5.75 Å². The standard InChI is InChI=1S/C19H23BO/c1-12-7-6-8-13(2)17(12)16-10-15(19(3,4)5)9-14(11-20)18(16)21/h6-10,21H,11H2,1-5H3. The number of hydrogen-bond donors (Lipinski definition) is 1. The average Bonchev–Trinajstić information content (AvgIpc) is 2.39. The van der Waals surface area contributed by atoms with Gasteiger partial charge in [-0.1, -0.05) is 51.4 Å².